The molecule has 3 atom stereocenters. The van der Waals surface area contributed by atoms with Crippen LogP contribution in [-0.2, 0) is 23.7 Å². The van der Waals surface area contributed by atoms with Crippen LogP contribution in [0.5, 0.6) is 0 Å². The fourth-order valence-electron chi connectivity index (χ4n) is 2.78. The summed E-state index contributed by atoms with van der Waals surface area (Å²) >= 11 is 0. The fourth-order valence-corrected chi connectivity index (χ4v) is 2.78. The summed E-state index contributed by atoms with van der Waals surface area (Å²) in [6.07, 6.45) is 3.96. The van der Waals surface area contributed by atoms with E-state index in [0.717, 1.165) is 32.1 Å². The second-order valence-electron chi connectivity index (χ2n) is 7.79. The van der Waals surface area contributed by atoms with Crippen LogP contribution in [-0.4, -0.2) is 44.7 Å². The first kappa shape index (κ1) is 24.7. The van der Waals surface area contributed by atoms with Crippen LogP contribution in [0.15, 0.2) is 0 Å². The van der Waals surface area contributed by atoms with Crippen LogP contribution >= 0.6 is 0 Å². The molecule has 3 unspecified atom stereocenters. The van der Waals surface area contributed by atoms with Gasteiger partial charge in [0.15, 0.2) is 0 Å². The lowest BCUT2D eigenvalue weighted by Crippen LogP contribution is -2.23. The first-order valence-electron chi connectivity index (χ1n) is 9.71. The van der Waals surface area contributed by atoms with E-state index in [9.17, 15) is 9.59 Å². The maximum Gasteiger partial charge on any atom is 0.509 e. The van der Waals surface area contributed by atoms with Gasteiger partial charge in [0, 0.05) is 7.11 Å². The van der Waals surface area contributed by atoms with Gasteiger partial charge >= 0.3 is 12.1 Å². The van der Waals surface area contributed by atoms with Crippen LogP contribution in [0.1, 0.15) is 73.6 Å². The molecule has 0 amide bonds. The van der Waals surface area contributed by atoms with Gasteiger partial charge < -0.3 is 18.9 Å². The summed E-state index contributed by atoms with van der Waals surface area (Å²) in [7, 11) is 1.60. The molecule has 6 heteroatoms. The van der Waals surface area contributed by atoms with Crippen LogP contribution in [0.4, 0.5) is 4.79 Å². The molecule has 0 aromatic heterocycles. The van der Waals surface area contributed by atoms with Gasteiger partial charge in [0.05, 0.1) is 12.5 Å². The van der Waals surface area contributed by atoms with Gasteiger partial charge in [-0.05, 0) is 31.1 Å². The number of hydrogen-bond acceptors (Lipinski definition) is 6. The molecule has 154 valence electrons. The Balaban J connectivity index is 0.000000502. The van der Waals surface area contributed by atoms with Gasteiger partial charge in [0.2, 0.25) is 0 Å². The smallest absolute Gasteiger partial charge is 0.463 e. The van der Waals surface area contributed by atoms with E-state index in [-0.39, 0.29) is 29.5 Å². The van der Waals surface area contributed by atoms with E-state index in [1.54, 1.807) is 7.11 Å². The number of esters is 1. The number of methoxy groups -OCH3 is 1. The molecule has 1 aliphatic heterocycles. The minimum Gasteiger partial charge on any atom is -0.463 e. The third-order valence-corrected chi connectivity index (χ3v) is 4.10. The second kappa shape index (κ2) is 13.0. The highest BCUT2D eigenvalue weighted by atomic mass is 16.8. The first-order chi connectivity index (χ1) is 12.2. The fraction of sp³-hybridized carbons (Fsp3) is 0.900. The van der Waals surface area contributed by atoms with Crippen molar-refractivity contribution in [1.82, 2.24) is 0 Å². The van der Waals surface area contributed by atoms with E-state index in [4.69, 9.17) is 18.9 Å². The Morgan fingerprint density at radius 2 is 1.73 bits per heavy atom. The van der Waals surface area contributed by atoms with Crippen molar-refractivity contribution in [3.63, 3.8) is 0 Å². The third kappa shape index (κ3) is 10.6. The molecular weight excluding hydrogens is 336 g/mol. The number of carbonyl (C=O) groups excluding carboxylic acids is 2. The van der Waals surface area contributed by atoms with Crippen molar-refractivity contribution in [2.75, 3.05) is 20.3 Å². The minimum atomic E-state index is -0.504. The maximum absolute atomic E-state index is 11.6. The van der Waals surface area contributed by atoms with Gasteiger partial charge in [0.1, 0.15) is 18.8 Å². The van der Waals surface area contributed by atoms with Crippen LogP contribution in [0.3, 0.4) is 0 Å². The molecular formula is C20H38O6. The standard InChI is InChI=1S/C12H24O3.C8H14O3/c1-6-10(9-12(2,3)4)11(13)15-8-7-14-5;1-3-5-7-6(4-2)10-8(9)11-7/h10H,6-9H2,1-5H3;6-7H,3-5H2,1-2H3. The van der Waals surface area contributed by atoms with Crippen molar-refractivity contribution in [2.45, 2.75) is 85.9 Å². The maximum atomic E-state index is 11.6. The highest BCUT2D eigenvalue weighted by Crippen LogP contribution is 2.27. The van der Waals surface area contributed by atoms with Gasteiger partial charge in [0.25, 0.3) is 0 Å². The topological polar surface area (TPSA) is 71.1 Å². The molecule has 0 radical (unpaired) electrons. The van der Waals surface area contributed by atoms with Crippen LogP contribution in [0, 0.1) is 11.3 Å². The quantitative estimate of drug-likeness (QED) is 0.429. The molecule has 0 N–H and O–H groups in total. The lowest BCUT2D eigenvalue weighted by atomic mass is 9.83. The molecule has 0 aromatic carbocycles. The molecule has 1 aliphatic rings. The SMILES string of the molecule is CCC(CC(C)(C)C)C(=O)OCCOC.CCCC1OC(=O)OC1CC. The number of carbonyl (C=O) groups is 2. The third-order valence-electron chi connectivity index (χ3n) is 4.10. The summed E-state index contributed by atoms with van der Waals surface area (Å²) < 4.78 is 19.8. The Kier molecular flexibility index (Phi) is 12.3. The number of hydrogen-bond donors (Lipinski definition) is 0. The lowest BCUT2D eigenvalue weighted by Gasteiger charge is -2.23. The van der Waals surface area contributed by atoms with Gasteiger partial charge in [-0.1, -0.05) is 48.0 Å². The molecule has 0 aromatic rings. The Hall–Kier alpha value is -1.30. The summed E-state index contributed by atoms with van der Waals surface area (Å²) in [6, 6.07) is 0. The second-order valence-corrected chi connectivity index (χ2v) is 7.79. The van der Waals surface area contributed by atoms with E-state index in [2.05, 4.69) is 27.7 Å². The van der Waals surface area contributed by atoms with E-state index in [1.807, 2.05) is 13.8 Å². The van der Waals surface area contributed by atoms with E-state index in [0.29, 0.717) is 13.2 Å². The predicted molar refractivity (Wildman–Crippen MR) is 101 cm³/mol. The molecule has 1 heterocycles. The minimum absolute atomic E-state index is 0.00231. The number of cyclic esters (lactones) is 2. The lowest BCUT2D eigenvalue weighted by molar-refractivity contribution is -0.151. The summed E-state index contributed by atoms with van der Waals surface area (Å²) in [5.74, 6) is -0.0775. The summed E-state index contributed by atoms with van der Waals surface area (Å²) in [6.45, 7) is 13.3. The van der Waals surface area contributed by atoms with Crippen molar-refractivity contribution in [1.29, 1.82) is 0 Å². The molecule has 0 saturated carbocycles. The molecule has 6 nitrogen and oxygen atoms in total. The Labute approximate surface area is 158 Å². The Morgan fingerprint density at radius 1 is 1.12 bits per heavy atom. The van der Waals surface area contributed by atoms with Gasteiger partial charge in [-0.15, -0.1) is 0 Å². The van der Waals surface area contributed by atoms with Crippen molar-refractivity contribution in [3.05, 3.63) is 0 Å². The zero-order valence-corrected chi connectivity index (χ0v) is 17.6. The molecule has 1 rings (SSSR count). The van der Waals surface area contributed by atoms with Crippen LogP contribution in [0.2, 0.25) is 0 Å². The van der Waals surface area contributed by atoms with Crippen LogP contribution < -0.4 is 0 Å². The van der Waals surface area contributed by atoms with Crippen molar-refractivity contribution in [3.8, 4) is 0 Å². The average molecular weight is 375 g/mol. The molecule has 0 spiro atoms. The van der Waals surface area contributed by atoms with Crippen molar-refractivity contribution < 1.29 is 28.5 Å². The molecule has 0 bridgehead atoms. The van der Waals surface area contributed by atoms with Crippen molar-refractivity contribution in [2.24, 2.45) is 11.3 Å². The van der Waals surface area contributed by atoms with E-state index >= 15 is 0 Å². The number of ether oxygens (including phenoxy) is 4. The highest BCUT2D eigenvalue weighted by Gasteiger charge is 2.34. The monoisotopic (exact) mass is 374 g/mol. The van der Waals surface area contributed by atoms with E-state index in [1.165, 1.54) is 0 Å². The first-order valence-corrected chi connectivity index (χ1v) is 9.71. The highest BCUT2D eigenvalue weighted by molar-refractivity contribution is 5.72. The summed E-state index contributed by atoms with van der Waals surface area (Å²) in [5.41, 5.74) is 0.168. The average Bonchev–Trinajstić information content (AvgIpc) is 2.92. The zero-order valence-electron chi connectivity index (χ0n) is 17.6. The van der Waals surface area contributed by atoms with Gasteiger partial charge in [-0.2, -0.15) is 0 Å². The number of rotatable bonds is 9. The molecule has 0 aliphatic carbocycles. The van der Waals surface area contributed by atoms with Gasteiger partial charge in [-0.3, -0.25) is 4.79 Å². The molecule has 1 saturated heterocycles. The largest absolute Gasteiger partial charge is 0.509 e. The zero-order chi connectivity index (χ0) is 20.2. The predicted octanol–water partition coefficient (Wildman–Crippen LogP) is 4.74. The van der Waals surface area contributed by atoms with E-state index < -0.39 is 6.16 Å². The summed E-state index contributed by atoms with van der Waals surface area (Å²) in [5, 5.41) is 0. The molecule has 1 fully saturated rings. The Bertz CT molecular complexity index is 402. The van der Waals surface area contributed by atoms with Gasteiger partial charge in [-0.25, -0.2) is 4.79 Å². The van der Waals surface area contributed by atoms with Crippen molar-refractivity contribution >= 4 is 12.1 Å². The van der Waals surface area contributed by atoms with Crippen LogP contribution in [0.25, 0.3) is 0 Å². The normalized spacial score (nSPS) is 20.5. The summed E-state index contributed by atoms with van der Waals surface area (Å²) in [4.78, 5) is 22.3. The Morgan fingerprint density at radius 3 is 2.19 bits per heavy atom. The molecule has 26 heavy (non-hydrogen) atoms.